The Labute approximate surface area is 423 Å². The Bertz CT molecular complexity index is 2850. The second-order valence-corrected chi connectivity index (χ2v) is 15.8. The maximum atomic E-state index is 12.2. The molecular weight excluding hydrogens is 931 g/mol. The number of esters is 1. The minimum Gasteiger partial charge on any atom is -0.490 e. The van der Waals surface area contributed by atoms with Gasteiger partial charge < -0.3 is 9.47 Å². The van der Waals surface area contributed by atoms with Gasteiger partial charge in [0.05, 0.1) is 11.1 Å². The summed E-state index contributed by atoms with van der Waals surface area (Å²) in [6, 6.07) is 46.6. The molecule has 1 aliphatic rings. The quantitative estimate of drug-likeness (QED) is 0.0148. The number of nitrogens with zero attached hydrogens (tertiary/aromatic N) is 1. The topological polar surface area (TPSA) is 200 Å². The predicted molar refractivity (Wildman–Crippen MR) is 277 cm³/mol. The molecule has 0 saturated heterocycles. The van der Waals surface area contributed by atoms with Crippen LogP contribution in [0.2, 0.25) is 0 Å². The average molecular weight is 986 g/mol. The van der Waals surface area contributed by atoms with E-state index in [-0.39, 0.29) is 60.7 Å². The number of ketones is 4. The third kappa shape index (κ3) is 20.2. The molecule has 1 heterocycles. The van der Waals surface area contributed by atoms with Crippen LogP contribution in [0.1, 0.15) is 90.0 Å². The minimum absolute atomic E-state index is 0.0211. The molecule has 0 aromatic heterocycles. The number of carbonyl (C=O) groups excluding carboxylic acids is 7. The Morgan fingerprint density at radius 1 is 0.521 bits per heavy atom. The van der Waals surface area contributed by atoms with Gasteiger partial charge in [0.2, 0.25) is 0 Å². The highest BCUT2D eigenvalue weighted by Crippen LogP contribution is 2.22. The SMILES string of the molecule is C=C(C)C(=O)c1ccc(OCCOC(=O)CN2C(=O)c3ccccc3C2=O)cc1.CC(=O)/C=C/c1ccc(COO)cc1.CC(=O)C=Cc1ccccc1.O=C(/C=C/c1ccc(COO)cc1)c1ccccc1. The lowest BCUT2D eigenvalue weighted by Gasteiger charge is -2.13. The monoisotopic (exact) mass is 985 g/mol. The van der Waals surface area contributed by atoms with E-state index in [0.29, 0.717) is 22.4 Å². The summed E-state index contributed by atoms with van der Waals surface area (Å²) in [7, 11) is 0. The van der Waals surface area contributed by atoms with Crippen molar-refractivity contribution in [3.63, 3.8) is 0 Å². The predicted octanol–water partition coefficient (Wildman–Crippen LogP) is 10.8. The molecule has 14 heteroatoms. The lowest BCUT2D eigenvalue weighted by Crippen LogP contribution is -2.36. The molecule has 14 nitrogen and oxygen atoms in total. The fourth-order valence-electron chi connectivity index (χ4n) is 6.28. The van der Waals surface area contributed by atoms with Crippen LogP contribution in [0.4, 0.5) is 0 Å². The van der Waals surface area contributed by atoms with Gasteiger partial charge >= 0.3 is 5.97 Å². The van der Waals surface area contributed by atoms with E-state index in [4.69, 9.17) is 20.0 Å². The number of ether oxygens (including phenoxy) is 2. The number of carbonyl (C=O) groups is 7. The summed E-state index contributed by atoms with van der Waals surface area (Å²) in [6.45, 7) is 8.22. The van der Waals surface area contributed by atoms with E-state index < -0.39 is 24.3 Å². The first-order valence-electron chi connectivity index (χ1n) is 22.6. The number of hydrogen-bond donors (Lipinski definition) is 2. The molecule has 0 saturated carbocycles. The summed E-state index contributed by atoms with van der Waals surface area (Å²) >= 11 is 0. The first kappa shape index (κ1) is 56.8. The number of benzene rings is 6. The highest BCUT2D eigenvalue weighted by molar-refractivity contribution is 6.22. The van der Waals surface area contributed by atoms with E-state index >= 15 is 0 Å². The van der Waals surface area contributed by atoms with Crippen molar-refractivity contribution >= 4 is 59.1 Å². The minimum atomic E-state index is -0.703. The molecule has 1 aliphatic heterocycles. The summed E-state index contributed by atoms with van der Waals surface area (Å²) in [5, 5.41) is 16.5. The van der Waals surface area contributed by atoms with Crippen molar-refractivity contribution in [3.05, 3.63) is 238 Å². The molecule has 73 heavy (non-hydrogen) atoms. The summed E-state index contributed by atoms with van der Waals surface area (Å²) in [4.78, 5) is 90.1. The zero-order valence-electron chi connectivity index (χ0n) is 40.6. The standard InChI is InChI=1S/C22H19NO6.C16H14O3.C11H12O3.C10H10O/c1-14(2)20(25)15-7-9-16(10-8-15)28-11-12-29-19(24)13-23-21(26)17-5-3-4-6-18(17)22(23)27;17-16(15-4-2-1-3-5-15)11-10-13-6-8-14(9-7-13)12-19-18;1-9(12)2-3-10-4-6-11(7-5-10)8-14-13;1-9(11)7-8-10-5-3-2-4-6-10/h3-10H,1,11-13H2,2H3;1-11,18H,12H2;2-7,13H,8H2,1H3;2-8H,1H3/b;11-10+;3-2+;. The van der Waals surface area contributed by atoms with Gasteiger partial charge in [0.1, 0.15) is 38.7 Å². The van der Waals surface area contributed by atoms with Crippen LogP contribution >= 0.6 is 0 Å². The lowest BCUT2D eigenvalue weighted by molar-refractivity contribution is -0.253. The fourth-order valence-corrected chi connectivity index (χ4v) is 6.28. The average Bonchev–Trinajstić information content (AvgIpc) is 3.64. The van der Waals surface area contributed by atoms with Gasteiger partial charge in [0.25, 0.3) is 11.8 Å². The molecule has 2 N–H and O–H groups in total. The molecule has 0 fully saturated rings. The van der Waals surface area contributed by atoms with Crippen molar-refractivity contribution in [2.45, 2.75) is 34.0 Å². The van der Waals surface area contributed by atoms with Gasteiger partial charge in [-0.25, -0.2) is 9.78 Å². The van der Waals surface area contributed by atoms with E-state index in [9.17, 15) is 33.6 Å². The summed E-state index contributed by atoms with van der Waals surface area (Å²) in [5.41, 5.74) is 6.87. The van der Waals surface area contributed by atoms with Gasteiger partial charge in [-0.2, -0.15) is 0 Å². The number of rotatable bonds is 19. The normalized spacial score (nSPS) is 11.4. The lowest BCUT2D eigenvalue weighted by atomic mass is 10.1. The number of allylic oxidation sites excluding steroid dienone is 4. The highest BCUT2D eigenvalue weighted by atomic mass is 17.1. The van der Waals surface area contributed by atoms with Crippen LogP contribution in [-0.4, -0.2) is 76.1 Å². The van der Waals surface area contributed by atoms with Gasteiger partial charge in [-0.15, -0.1) is 0 Å². The zero-order chi connectivity index (χ0) is 53.0. The molecule has 7 rings (SSSR count). The van der Waals surface area contributed by atoms with Crippen LogP contribution in [0.25, 0.3) is 18.2 Å². The first-order chi connectivity index (χ1) is 35.2. The van der Waals surface area contributed by atoms with Crippen LogP contribution in [0, 0.1) is 0 Å². The number of hydrogen-bond acceptors (Lipinski definition) is 13. The summed E-state index contributed by atoms with van der Waals surface area (Å²) in [6.07, 6.45) is 9.94. The molecule has 374 valence electrons. The molecule has 0 atom stereocenters. The Morgan fingerprint density at radius 2 is 0.959 bits per heavy atom. The van der Waals surface area contributed by atoms with Crippen molar-refractivity contribution in [2.24, 2.45) is 0 Å². The zero-order valence-corrected chi connectivity index (χ0v) is 40.6. The molecule has 6 aromatic carbocycles. The molecule has 0 radical (unpaired) electrons. The first-order valence-corrected chi connectivity index (χ1v) is 22.6. The molecular formula is C59H55NO13. The van der Waals surface area contributed by atoms with Crippen molar-refractivity contribution in [1.82, 2.24) is 4.90 Å². The van der Waals surface area contributed by atoms with Crippen molar-refractivity contribution < 1.29 is 63.3 Å². The third-order valence-corrected chi connectivity index (χ3v) is 10.0. The van der Waals surface area contributed by atoms with Crippen molar-refractivity contribution in [2.75, 3.05) is 19.8 Å². The number of imide groups is 1. The van der Waals surface area contributed by atoms with Crippen molar-refractivity contribution in [1.29, 1.82) is 0 Å². The van der Waals surface area contributed by atoms with Crippen LogP contribution in [-0.2, 0) is 42.1 Å². The maximum Gasteiger partial charge on any atom is 0.326 e. The third-order valence-electron chi connectivity index (χ3n) is 10.0. The largest absolute Gasteiger partial charge is 0.490 e. The van der Waals surface area contributed by atoms with Crippen LogP contribution in [0.15, 0.2) is 188 Å². The highest BCUT2D eigenvalue weighted by Gasteiger charge is 2.36. The van der Waals surface area contributed by atoms with Crippen LogP contribution in [0.3, 0.4) is 0 Å². The second-order valence-electron chi connectivity index (χ2n) is 15.8. The Kier molecular flexibility index (Phi) is 23.9. The van der Waals surface area contributed by atoms with E-state index in [2.05, 4.69) is 16.4 Å². The second kappa shape index (κ2) is 30.7. The van der Waals surface area contributed by atoms with E-state index in [1.54, 1.807) is 98.8 Å². The summed E-state index contributed by atoms with van der Waals surface area (Å²) in [5.74, 6) is -1.28. The fraction of sp³-hybridized carbons (Fsp3) is 0.136. The molecule has 0 spiro atoms. The smallest absolute Gasteiger partial charge is 0.326 e. The molecule has 0 bridgehead atoms. The maximum absolute atomic E-state index is 12.2. The Balaban J connectivity index is 0.000000226. The van der Waals surface area contributed by atoms with E-state index in [0.717, 1.165) is 32.7 Å². The molecule has 0 aliphatic carbocycles. The van der Waals surface area contributed by atoms with Crippen LogP contribution < -0.4 is 4.74 Å². The number of Topliss-reactive ketones (excluding diaryl/α,β-unsaturated/α-hetero) is 1. The van der Waals surface area contributed by atoms with Gasteiger partial charge in [0, 0.05) is 11.1 Å². The van der Waals surface area contributed by atoms with Gasteiger partial charge in [0.15, 0.2) is 23.1 Å². The van der Waals surface area contributed by atoms with Crippen LogP contribution in [0.5, 0.6) is 5.75 Å². The van der Waals surface area contributed by atoms with Gasteiger partial charge in [-0.05, 0) is 109 Å². The van der Waals surface area contributed by atoms with Crippen molar-refractivity contribution in [3.8, 4) is 5.75 Å². The van der Waals surface area contributed by atoms with Gasteiger partial charge in [-0.3, -0.25) is 49.0 Å². The summed E-state index contributed by atoms with van der Waals surface area (Å²) < 4.78 is 10.5. The van der Waals surface area contributed by atoms with Gasteiger partial charge in [-0.1, -0.05) is 146 Å². The van der Waals surface area contributed by atoms with E-state index in [1.807, 2.05) is 103 Å². The molecule has 0 unspecified atom stereocenters. The number of fused-ring (bicyclic) bond motifs is 1. The van der Waals surface area contributed by atoms with E-state index in [1.165, 1.54) is 13.0 Å². The number of amides is 2. The Morgan fingerprint density at radius 3 is 1.41 bits per heavy atom. The molecule has 2 amide bonds. The Hall–Kier alpha value is -8.79. The molecule has 6 aromatic rings.